The lowest BCUT2D eigenvalue weighted by Gasteiger charge is -2.38. The minimum atomic E-state index is -0.413. The molecule has 2 fully saturated rings. The third-order valence-corrected chi connectivity index (χ3v) is 7.77. The van der Waals surface area contributed by atoms with Crippen LogP contribution in [0.3, 0.4) is 0 Å². The van der Waals surface area contributed by atoms with E-state index >= 15 is 0 Å². The number of likely N-dealkylation sites (tertiary alicyclic amines) is 2. The van der Waals surface area contributed by atoms with Crippen LogP contribution in [0.4, 0.5) is 4.79 Å². The molecule has 9 heteroatoms. The van der Waals surface area contributed by atoms with Crippen LogP contribution in [0, 0.1) is 5.41 Å². The number of hydrogen-bond donors (Lipinski definition) is 1. The number of halogens is 2. The van der Waals surface area contributed by atoms with Crippen molar-refractivity contribution in [3.8, 4) is 5.75 Å². The summed E-state index contributed by atoms with van der Waals surface area (Å²) in [7, 11) is 1.66. The Bertz CT molecular complexity index is 1020. The summed E-state index contributed by atoms with van der Waals surface area (Å²) in [5.74, 6) is 1.12. The van der Waals surface area contributed by atoms with E-state index in [0.29, 0.717) is 24.1 Å². The van der Waals surface area contributed by atoms with E-state index < -0.39 is 6.09 Å². The third-order valence-electron chi connectivity index (χ3n) is 7.52. The van der Waals surface area contributed by atoms with Gasteiger partial charge in [0.05, 0.1) is 25.2 Å². The molecule has 7 nitrogen and oxygen atoms in total. The second kappa shape index (κ2) is 13.4. The van der Waals surface area contributed by atoms with Crippen LogP contribution < -0.4 is 10.1 Å². The van der Waals surface area contributed by atoms with E-state index in [4.69, 9.17) is 21.1 Å². The monoisotopic (exact) mass is 549 g/mol. The Labute approximate surface area is 230 Å². The summed E-state index contributed by atoms with van der Waals surface area (Å²) in [6.07, 6.45) is 3.02. The number of hydrogen-bond acceptors (Lipinski definition) is 5. The molecule has 4 rings (SSSR count). The van der Waals surface area contributed by atoms with Gasteiger partial charge in [0.2, 0.25) is 5.91 Å². The van der Waals surface area contributed by atoms with Crippen LogP contribution in [-0.2, 0) is 16.1 Å². The SMILES string of the molecule is CCOC(=O)NC(CCN1CCC2(CC1)CCN(Cc1ccc(OC)cc1)C2=O)c1ccc(Cl)cc1.Cl. The van der Waals surface area contributed by atoms with Gasteiger partial charge in [-0.3, -0.25) is 4.79 Å². The highest BCUT2D eigenvalue weighted by atomic mass is 35.5. The maximum atomic E-state index is 13.4. The smallest absolute Gasteiger partial charge is 0.407 e. The zero-order valence-electron chi connectivity index (χ0n) is 21.6. The zero-order valence-corrected chi connectivity index (χ0v) is 23.2. The topological polar surface area (TPSA) is 71.1 Å². The fraction of sp³-hybridized carbons (Fsp3) is 0.500. The van der Waals surface area contributed by atoms with Crippen molar-refractivity contribution in [1.29, 1.82) is 0 Å². The van der Waals surface area contributed by atoms with E-state index in [-0.39, 0.29) is 23.9 Å². The molecule has 0 bridgehead atoms. The van der Waals surface area contributed by atoms with Gasteiger partial charge in [0.15, 0.2) is 0 Å². The molecule has 0 radical (unpaired) electrons. The van der Waals surface area contributed by atoms with Gasteiger partial charge in [-0.15, -0.1) is 12.4 Å². The molecule has 1 unspecified atom stereocenters. The summed E-state index contributed by atoms with van der Waals surface area (Å²) in [6.45, 7) is 6.19. The van der Waals surface area contributed by atoms with Crippen LogP contribution in [0.15, 0.2) is 48.5 Å². The number of benzene rings is 2. The van der Waals surface area contributed by atoms with Crippen molar-refractivity contribution in [3.63, 3.8) is 0 Å². The largest absolute Gasteiger partial charge is 0.497 e. The molecule has 0 aromatic heterocycles. The quantitative estimate of drug-likeness (QED) is 0.449. The normalized spacial score (nSPS) is 17.8. The Balaban J connectivity index is 0.00000380. The molecule has 202 valence electrons. The van der Waals surface area contributed by atoms with Gasteiger partial charge < -0.3 is 24.6 Å². The molecule has 2 heterocycles. The Hall–Kier alpha value is -2.48. The Morgan fingerprint density at radius 1 is 1.05 bits per heavy atom. The maximum absolute atomic E-state index is 13.4. The van der Waals surface area contributed by atoms with Crippen molar-refractivity contribution in [1.82, 2.24) is 15.1 Å². The van der Waals surface area contributed by atoms with Gasteiger partial charge in [0.25, 0.3) is 0 Å². The van der Waals surface area contributed by atoms with Crippen molar-refractivity contribution in [2.75, 3.05) is 39.9 Å². The highest BCUT2D eigenvalue weighted by molar-refractivity contribution is 6.30. The van der Waals surface area contributed by atoms with Crippen LogP contribution in [0.2, 0.25) is 5.02 Å². The van der Waals surface area contributed by atoms with E-state index in [9.17, 15) is 9.59 Å². The van der Waals surface area contributed by atoms with Crippen molar-refractivity contribution >= 4 is 36.0 Å². The first-order chi connectivity index (χ1) is 17.4. The lowest BCUT2D eigenvalue weighted by atomic mass is 9.77. The first-order valence-corrected chi connectivity index (χ1v) is 13.1. The highest BCUT2D eigenvalue weighted by Crippen LogP contribution is 2.42. The van der Waals surface area contributed by atoms with Gasteiger partial charge >= 0.3 is 6.09 Å². The number of alkyl carbamates (subject to hydrolysis) is 1. The van der Waals surface area contributed by atoms with Gasteiger partial charge in [0, 0.05) is 24.7 Å². The molecule has 2 aromatic carbocycles. The minimum Gasteiger partial charge on any atom is -0.497 e. The van der Waals surface area contributed by atoms with Gasteiger partial charge in [-0.2, -0.15) is 0 Å². The van der Waals surface area contributed by atoms with Gasteiger partial charge in [0.1, 0.15) is 5.75 Å². The number of rotatable bonds is 9. The second-order valence-corrected chi connectivity index (χ2v) is 10.1. The molecule has 2 aliphatic heterocycles. The summed E-state index contributed by atoms with van der Waals surface area (Å²) >= 11 is 6.05. The number of carbonyl (C=O) groups is 2. The molecule has 0 saturated carbocycles. The molecule has 1 spiro atoms. The number of piperidine rings is 1. The summed E-state index contributed by atoms with van der Waals surface area (Å²) in [5.41, 5.74) is 1.89. The molecular weight excluding hydrogens is 513 g/mol. The van der Waals surface area contributed by atoms with E-state index in [1.165, 1.54) is 0 Å². The van der Waals surface area contributed by atoms with E-state index in [2.05, 4.69) is 10.2 Å². The Kier molecular flexibility index (Phi) is 10.5. The van der Waals surface area contributed by atoms with Crippen LogP contribution >= 0.6 is 24.0 Å². The van der Waals surface area contributed by atoms with Crippen molar-refractivity contribution in [3.05, 3.63) is 64.7 Å². The molecule has 1 atom stereocenters. The number of methoxy groups -OCH3 is 1. The molecule has 0 aliphatic carbocycles. The Morgan fingerprint density at radius 2 is 1.70 bits per heavy atom. The second-order valence-electron chi connectivity index (χ2n) is 9.70. The maximum Gasteiger partial charge on any atom is 0.407 e. The summed E-state index contributed by atoms with van der Waals surface area (Å²) in [6, 6.07) is 15.3. The molecule has 2 aliphatic rings. The van der Waals surface area contributed by atoms with E-state index in [1.54, 1.807) is 14.0 Å². The zero-order chi connectivity index (χ0) is 25.5. The predicted molar refractivity (Wildman–Crippen MR) is 147 cm³/mol. The van der Waals surface area contributed by atoms with Crippen molar-refractivity contribution in [2.24, 2.45) is 5.41 Å². The highest BCUT2D eigenvalue weighted by Gasteiger charge is 2.47. The van der Waals surface area contributed by atoms with Gasteiger partial charge in [-0.1, -0.05) is 35.9 Å². The van der Waals surface area contributed by atoms with Gasteiger partial charge in [-0.25, -0.2) is 4.79 Å². The van der Waals surface area contributed by atoms with Crippen LogP contribution in [-0.4, -0.2) is 61.7 Å². The lowest BCUT2D eigenvalue weighted by molar-refractivity contribution is -0.138. The molecule has 2 aromatic rings. The average molecular weight is 551 g/mol. The van der Waals surface area contributed by atoms with Crippen molar-refractivity contribution in [2.45, 2.75) is 45.2 Å². The fourth-order valence-electron chi connectivity index (χ4n) is 5.31. The third kappa shape index (κ3) is 7.30. The number of ether oxygens (including phenoxy) is 2. The summed E-state index contributed by atoms with van der Waals surface area (Å²) in [5, 5.41) is 3.65. The summed E-state index contributed by atoms with van der Waals surface area (Å²) < 4.78 is 10.3. The van der Waals surface area contributed by atoms with Crippen LogP contribution in [0.25, 0.3) is 0 Å². The fourth-order valence-corrected chi connectivity index (χ4v) is 5.43. The van der Waals surface area contributed by atoms with E-state index in [0.717, 1.165) is 68.7 Å². The number of nitrogens with zero attached hydrogens (tertiary/aromatic N) is 2. The molecular formula is C28H37Cl2N3O4. The lowest BCUT2D eigenvalue weighted by Crippen LogP contribution is -2.45. The Morgan fingerprint density at radius 3 is 2.32 bits per heavy atom. The standard InChI is InChI=1S/C28H36ClN3O4.ClH/c1-3-36-27(34)30-25(22-6-8-23(29)9-7-22)12-16-31-17-13-28(14-18-31)15-19-32(26(28)33)20-21-4-10-24(35-2)11-5-21;/h4-11,25H,3,12-20H2,1-2H3,(H,30,34);1H. The average Bonchev–Trinajstić information content (AvgIpc) is 3.18. The van der Waals surface area contributed by atoms with Gasteiger partial charge in [-0.05, 0) is 81.1 Å². The van der Waals surface area contributed by atoms with Crippen LogP contribution in [0.5, 0.6) is 5.75 Å². The van der Waals surface area contributed by atoms with E-state index in [1.807, 2.05) is 53.4 Å². The first kappa shape index (κ1) is 29.1. The molecule has 2 saturated heterocycles. The predicted octanol–water partition coefficient (Wildman–Crippen LogP) is 5.46. The number of nitrogens with one attached hydrogen (secondary N) is 1. The number of carbonyl (C=O) groups excluding carboxylic acids is 2. The van der Waals surface area contributed by atoms with Crippen molar-refractivity contribution < 1.29 is 19.1 Å². The molecule has 1 N–H and O–H groups in total. The summed E-state index contributed by atoms with van der Waals surface area (Å²) in [4.78, 5) is 29.9. The minimum absolute atomic E-state index is 0. The first-order valence-electron chi connectivity index (χ1n) is 12.8. The van der Waals surface area contributed by atoms with Crippen LogP contribution in [0.1, 0.15) is 49.8 Å². The molecule has 37 heavy (non-hydrogen) atoms. The number of amides is 2. The molecule has 2 amide bonds.